The molecule has 1 aromatic rings. The van der Waals surface area contributed by atoms with E-state index in [1.165, 1.54) is 4.68 Å². The lowest BCUT2D eigenvalue weighted by Gasteiger charge is -2.34. The molecule has 0 aromatic carbocycles. The van der Waals surface area contributed by atoms with Gasteiger partial charge < -0.3 is 0 Å². The van der Waals surface area contributed by atoms with E-state index in [-0.39, 0.29) is 30.6 Å². The van der Waals surface area contributed by atoms with Crippen molar-refractivity contribution in [2.75, 3.05) is 0 Å². The molecule has 2 saturated carbocycles. The molecule has 20 heavy (non-hydrogen) atoms. The smallest absolute Gasteiger partial charge is 0.248 e. The fraction of sp³-hybridized carbons (Fsp3) is 0.818. The average Bonchev–Trinajstić information content (AvgIpc) is 3.08. The van der Waals surface area contributed by atoms with Crippen LogP contribution < -0.4 is 4.72 Å². The first-order valence-electron chi connectivity index (χ1n) is 6.59. The monoisotopic (exact) mass is 306 g/mol. The zero-order chi connectivity index (χ0) is 14.4. The standard InChI is InChI=1S/C11H16F2N4O2S/c12-11(13)3-8(4-11)6-17-7-9(15-16-17)5-14-20(18,19)10-1-2-10/h7-8,10,14H,1-6H2. The van der Waals surface area contributed by atoms with Crippen LogP contribution in [0.25, 0.3) is 0 Å². The normalized spacial score (nSPS) is 22.7. The van der Waals surface area contributed by atoms with Crippen LogP contribution in [0.4, 0.5) is 8.78 Å². The van der Waals surface area contributed by atoms with Gasteiger partial charge in [-0.1, -0.05) is 5.21 Å². The fourth-order valence-corrected chi connectivity index (χ4v) is 3.70. The zero-order valence-electron chi connectivity index (χ0n) is 10.8. The topological polar surface area (TPSA) is 76.9 Å². The molecule has 9 heteroatoms. The highest BCUT2D eigenvalue weighted by Gasteiger charge is 2.45. The molecular weight excluding hydrogens is 290 g/mol. The number of nitrogens with one attached hydrogen (secondary N) is 1. The van der Waals surface area contributed by atoms with Gasteiger partial charge in [0.05, 0.1) is 17.5 Å². The Balaban J connectivity index is 1.50. The maximum absolute atomic E-state index is 12.7. The average molecular weight is 306 g/mol. The van der Waals surface area contributed by atoms with Crippen LogP contribution in [0.1, 0.15) is 31.4 Å². The summed E-state index contributed by atoms with van der Waals surface area (Å²) in [5.74, 6) is -2.61. The van der Waals surface area contributed by atoms with Crippen LogP contribution >= 0.6 is 0 Å². The second-order valence-corrected chi connectivity index (χ2v) is 7.67. The highest BCUT2D eigenvalue weighted by molar-refractivity contribution is 7.90. The van der Waals surface area contributed by atoms with Gasteiger partial charge in [-0.25, -0.2) is 21.9 Å². The lowest BCUT2D eigenvalue weighted by Crippen LogP contribution is -2.37. The maximum Gasteiger partial charge on any atom is 0.248 e. The molecule has 2 fully saturated rings. The molecule has 0 bridgehead atoms. The van der Waals surface area contributed by atoms with Crippen molar-refractivity contribution in [3.05, 3.63) is 11.9 Å². The predicted molar refractivity (Wildman–Crippen MR) is 66.5 cm³/mol. The Morgan fingerprint density at radius 2 is 2.10 bits per heavy atom. The van der Waals surface area contributed by atoms with Crippen molar-refractivity contribution in [1.29, 1.82) is 0 Å². The molecule has 1 heterocycles. The second kappa shape index (κ2) is 4.73. The summed E-state index contributed by atoms with van der Waals surface area (Å²) < 4.78 is 52.7. The van der Waals surface area contributed by atoms with E-state index in [1.807, 2.05) is 0 Å². The van der Waals surface area contributed by atoms with Gasteiger partial charge in [0, 0.05) is 25.6 Å². The van der Waals surface area contributed by atoms with Crippen LogP contribution in [0.15, 0.2) is 6.20 Å². The quantitative estimate of drug-likeness (QED) is 0.847. The Morgan fingerprint density at radius 1 is 1.40 bits per heavy atom. The highest BCUT2D eigenvalue weighted by Crippen LogP contribution is 2.42. The summed E-state index contributed by atoms with van der Waals surface area (Å²) >= 11 is 0. The SMILES string of the molecule is O=S(=O)(NCc1cn(CC2CC(F)(F)C2)nn1)C1CC1. The molecule has 2 aliphatic rings. The zero-order valence-corrected chi connectivity index (χ0v) is 11.6. The van der Waals surface area contributed by atoms with Gasteiger partial charge in [-0.2, -0.15) is 0 Å². The van der Waals surface area contributed by atoms with E-state index in [1.54, 1.807) is 6.20 Å². The Hall–Kier alpha value is -1.09. The molecule has 0 amide bonds. The number of halogens is 2. The fourth-order valence-electron chi connectivity index (χ4n) is 2.36. The molecule has 3 rings (SSSR count). The van der Waals surface area contributed by atoms with Gasteiger partial charge in [0.25, 0.3) is 0 Å². The van der Waals surface area contributed by atoms with Gasteiger partial charge in [0.2, 0.25) is 15.9 Å². The molecule has 0 radical (unpaired) electrons. The Kier molecular flexibility index (Phi) is 3.28. The lowest BCUT2D eigenvalue weighted by molar-refractivity contribution is -0.114. The van der Waals surface area contributed by atoms with Crippen molar-refractivity contribution in [2.45, 2.75) is 49.9 Å². The molecule has 1 aromatic heterocycles. The number of sulfonamides is 1. The number of hydrogen-bond acceptors (Lipinski definition) is 4. The number of rotatable bonds is 6. The molecule has 1 N–H and O–H groups in total. The molecule has 6 nitrogen and oxygen atoms in total. The molecule has 0 atom stereocenters. The third-order valence-corrected chi connectivity index (χ3v) is 5.52. The van der Waals surface area contributed by atoms with Crippen molar-refractivity contribution in [3.8, 4) is 0 Å². The van der Waals surface area contributed by atoms with Crippen LogP contribution in [0, 0.1) is 5.92 Å². The highest BCUT2D eigenvalue weighted by atomic mass is 32.2. The minimum absolute atomic E-state index is 0.0808. The molecule has 0 spiro atoms. The number of hydrogen-bond donors (Lipinski definition) is 1. The maximum atomic E-state index is 12.7. The largest absolute Gasteiger partial charge is 0.252 e. The number of aromatic nitrogens is 3. The first-order valence-corrected chi connectivity index (χ1v) is 8.14. The van der Waals surface area contributed by atoms with E-state index in [2.05, 4.69) is 15.0 Å². The van der Waals surface area contributed by atoms with E-state index >= 15 is 0 Å². The molecule has 0 aliphatic heterocycles. The number of alkyl halides is 2. The molecule has 112 valence electrons. The van der Waals surface area contributed by atoms with Crippen LogP contribution in [-0.4, -0.2) is 34.6 Å². The molecule has 0 unspecified atom stereocenters. The summed E-state index contributed by atoms with van der Waals surface area (Å²) in [4.78, 5) is 0. The molecular formula is C11H16F2N4O2S. The predicted octanol–water partition coefficient (Wildman–Crippen LogP) is 0.905. The summed E-state index contributed by atoms with van der Waals surface area (Å²) in [6, 6.07) is 0. The van der Waals surface area contributed by atoms with Crippen molar-refractivity contribution in [1.82, 2.24) is 19.7 Å². The Morgan fingerprint density at radius 3 is 2.70 bits per heavy atom. The van der Waals surface area contributed by atoms with Crippen molar-refractivity contribution in [2.24, 2.45) is 5.92 Å². The van der Waals surface area contributed by atoms with Gasteiger partial charge in [0.1, 0.15) is 0 Å². The number of nitrogens with zero attached hydrogens (tertiary/aromatic N) is 3. The van der Waals surface area contributed by atoms with Crippen molar-refractivity contribution in [3.63, 3.8) is 0 Å². The van der Waals surface area contributed by atoms with E-state index < -0.39 is 15.9 Å². The minimum atomic E-state index is -3.23. The van der Waals surface area contributed by atoms with E-state index in [4.69, 9.17) is 0 Å². The minimum Gasteiger partial charge on any atom is -0.252 e. The Labute approximate surface area is 115 Å². The van der Waals surface area contributed by atoms with E-state index in [0.29, 0.717) is 25.1 Å². The van der Waals surface area contributed by atoms with Crippen LogP contribution in [0.5, 0.6) is 0 Å². The third-order valence-electron chi connectivity index (χ3n) is 3.62. The van der Waals surface area contributed by atoms with Crippen LogP contribution in [0.3, 0.4) is 0 Å². The van der Waals surface area contributed by atoms with Gasteiger partial charge in [-0.05, 0) is 18.8 Å². The lowest BCUT2D eigenvalue weighted by atomic mass is 9.81. The van der Waals surface area contributed by atoms with E-state index in [9.17, 15) is 17.2 Å². The molecule has 2 aliphatic carbocycles. The third kappa shape index (κ3) is 3.14. The van der Waals surface area contributed by atoms with Gasteiger partial charge in [-0.3, -0.25) is 4.68 Å². The summed E-state index contributed by atoms with van der Waals surface area (Å²) in [5.41, 5.74) is 0.500. The molecule has 0 saturated heterocycles. The van der Waals surface area contributed by atoms with E-state index in [0.717, 1.165) is 0 Å². The summed E-state index contributed by atoms with van der Waals surface area (Å²) in [6.45, 7) is 0.498. The van der Waals surface area contributed by atoms with Crippen molar-refractivity contribution < 1.29 is 17.2 Å². The second-order valence-electron chi connectivity index (χ2n) is 5.63. The van der Waals surface area contributed by atoms with Gasteiger partial charge in [-0.15, -0.1) is 5.10 Å². The van der Waals surface area contributed by atoms with Gasteiger partial charge in [0.15, 0.2) is 0 Å². The Bertz CT molecular complexity index is 589. The first kappa shape index (κ1) is 13.9. The first-order chi connectivity index (χ1) is 9.34. The summed E-state index contributed by atoms with van der Waals surface area (Å²) in [7, 11) is -3.23. The van der Waals surface area contributed by atoms with Gasteiger partial charge >= 0.3 is 0 Å². The van der Waals surface area contributed by atoms with Crippen LogP contribution in [0.2, 0.25) is 0 Å². The summed E-state index contributed by atoms with van der Waals surface area (Å²) in [5, 5.41) is 7.41. The summed E-state index contributed by atoms with van der Waals surface area (Å²) in [6.07, 6.45) is 2.79. The van der Waals surface area contributed by atoms with Crippen molar-refractivity contribution >= 4 is 10.0 Å². The van der Waals surface area contributed by atoms with Crippen LogP contribution in [-0.2, 0) is 23.1 Å².